The zero-order valence-electron chi connectivity index (χ0n) is 15.2. The summed E-state index contributed by atoms with van der Waals surface area (Å²) in [4.78, 5) is 0. The standard InChI is InChI=1S/C21H28N2/c1-7-9-15(4)20(14(2)3)18-12-13-19(23(18)22)21-16(5)10-8-11-17(21)6/h8-13H,7,22H2,1-6H3/b15-9-. The molecule has 0 fully saturated rings. The molecule has 0 saturated heterocycles. The topological polar surface area (TPSA) is 30.9 Å². The van der Waals surface area contributed by atoms with Gasteiger partial charge in [-0.25, -0.2) is 0 Å². The monoisotopic (exact) mass is 308 g/mol. The Morgan fingerprint density at radius 2 is 1.65 bits per heavy atom. The number of rotatable bonds is 4. The third kappa shape index (κ3) is 3.26. The molecule has 1 heterocycles. The summed E-state index contributed by atoms with van der Waals surface area (Å²) in [5.74, 6) is 6.50. The number of nitrogens with zero attached hydrogens (tertiary/aromatic N) is 1. The second-order valence-electron chi connectivity index (χ2n) is 6.41. The minimum Gasteiger partial charge on any atom is -0.339 e. The molecule has 2 heteroatoms. The average Bonchev–Trinajstić information content (AvgIpc) is 2.81. The fourth-order valence-corrected chi connectivity index (χ4v) is 3.34. The van der Waals surface area contributed by atoms with Crippen LogP contribution in [-0.4, -0.2) is 4.68 Å². The number of nitrogens with two attached hydrogens (primary N) is 1. The second kappa shape index (κ2) is 6.91. The lowest BCUT2D eigenvalue weighted by atomic mass is 9.99. The Bertz CT molecular complexity index is 749. The van der Waals surface area contributed by atoms with Crippen molar-refractivity contribution in [3.05, 3.63) is 64.4 Å². The molecule has 1 aromatic heterocycles. The van der Waals surface area contributed by atoms with Crippen LogP contribution in [0.4, 0.5) is 0 Å². The highest BCUT2D eigenvalue weighted by molar-refractivity contribution is 5.82. The molecule has 0 amide bonds. The van der Waals surface area contributed by atoms with Crippen molar-refractivity contribution in [2.75, 3.05) is 5.84 Å². The van der Waals surface area contributed by atoms with Gasteiger partial charge in [0.25, 0.3) is 0 Å². The minimum absolute atomic E-state index is 1.03. The van der Waals surface area contributed by atoms with Gasteiger partial charge in [0.15, 0.2) is 0 Å². The van der Waals surface area contributed by atoms with E-state index in [0.29, 0.717) is 0 Å². The lowest BCUT2D eigenvalue weighted by Gasteiger charge is -2.16. The number of aryl methyl sites for hydroxylation is 2. The smallest absolute Gasteiger partial charge is 0.0702 e. The first-order chi connectivity index (χ1) is 10.9. The maximum Gasteiger partial charge on any atom is 0.0702 e. The van der Waals surface area contributed by atoms with E-state index in [9.17, 15) is 0 Å². The Labute approximate surface area is 140 Å². The van der Waals surface area contributed by atoms with E-state index in [2.05, 4.69) is 78.0 Å². The summed E-state index contributed by atoms with van der Waals surface area (Å²) in [6.45, 7) is 12.9. The molecule has 0 spiro atoms. The van der Waals surface area contributed by atoms with Gasteiger partial charge in [0.05, 0.1) is 11.4 Å². The van der Waals surface area contributed by atoms with Crippen LogP contribution in [-0.2, 0) is 0 Å². The predicted molar refractivity (Wildman–Crippen MR) is 102 cm³/mol. The molecular weight excluding hydrogens is 280 g/mol. The number of benzene rings is 1. The van der Waals surface area contributed by atoms with E-state index in [1.165, 1.54) is 33.4 Å². The van der Waals surface area contributed by atoms with Gasteiger partial charge in [-0.3, -0.25) is 4.68 Å². The van der Waals surface area contributed by atoms with Crippen molar-refractivity contribution >= 4 is 5.57 Å². The molecule has 122 valence electrons. The first kappa shape index (κ1) is 17.1. The van der Waals surface area contributed by atoms with E-state index < -0.39 is 0 Å². The van der Waals surface area contributed by atoms with Crippen LogP contribution in [0.1, 0.15) is 50.9 Å². The van der Waals surface area contributed by atoms with E-state index in [-0.39, 0.29) is 0 Å². The van der Waals surface area contributed by atoms with Gasteiger partial charge in [-0.15, -0.1) is 0 Å². The van der Waals surface area contributed by atoms with Gasteiger partial charge in [0, 0.05) is 11.1 Å². The molecule has 0 radical (unpaired) electrons. The van der Waals surface area contributed by atoms with Crippen molar-refractivity contribution in [1.29, 1.82) is 0 Å². The molecule has 0 unspecified atom stereocenters. The van der Waals surface area contributed by atoms with Crippen molar-refractivity contribution in [3.8, 4) is 11.3 Å². The number of allylic oxidation sites excluding steroid dienone is 4. The average molecular weight is 308 g/mol. The SMILES string of the molecule is CC/C=C(/C)C(=C(C)C)c1ccc(-c2c(C)cccc2C)n1N. The maximum absolute atomic E-state index is 6.50. The van der Waals surface area contributed by atoms with Gasteiger partial charge in [0.2, 0.25) is 0 Å². The van der Waals surface area contributed by atoms with Crippen LogP contribution in [0.25, 0.3) is 16.8 Å². The Kier molecular flexibility index (Phi) is 5.15. The minimum atomic E-state index is 1.03. The van der Waals surface area contributed by atoms with Gasteiger partial charge in [0.1, 0.15) is 0 Å². The molecule has 0 aliphatic heterocycles. The van der Waals surface area contributed by atoms with Crippen molar-refractivity contribution in [2.45, 2.75) is 48.0 Å². The maximum atomic E-state index is 6.50. The van der Waals surface area contributed by atoms with Gasteiger partial charge < -0.3 is 5.84 Å². The summed E-state index contributed by atoms with van der Waals surface area (Å²) < 4.78 is 1.84. The van der Waals surface area contributed by atoms with E-state index in [1.54, 1.807) is 0 Å². The highest BCUT2D eigenvalue weighted by Gasteiger charge is 2.16. The van der Waals surface area contributed by atoms with Crippen LogP contribution in [0.15, 0.2) is 47.6 Å². The summed E-state index contributed by atoms with van der Waals surface area (Å²) >= 11 is 0. The fourth-order valence-electron chi connectivity index (χ4n) is 3.34. The van der Waals surface area contributed by atoms with Crippen molar-refractivity contribution in [1.82, 2.24) is 4.68 Å². The molecule has 2 N–H and O–H groups in total. The van der Waals surface area contributed by atoms with Crippen LogP contribution < -0.4 is 5.84 Å². The quantitative estimate of drug-likeness (QED) is 0.575. The zero-order chi connectivity index (χ0) is 17.1. The third-order valence-corrected chi connectivity index (χ3v) is 4.32. The molecule has 23 heavy (non-hydrogen) atoms. The lowest BCUT2D eigenvalue weighted by Crippen LogP contribution is -2.14. The van der Waals surface area contributed by atoms with E-state index in [4.69, 9.17) is 5.84 Å². The summed E-state index contributed by atoms with van der Waals surface area (Å²) in [7, 11) is 0. The van der Waals surface area contributed by atoms with Crippen LogP contribution in [0, 0.1) is 13.8 Å². The van der Waals surface area contributed by atoms with Crippen LogP contribution in [0.5, 0.6) is 0 Å². The first-order valence-corrected chi connectivity index (χ1v) is 8.26. The zero-order valence-corrected chi connectivity index (χ0v) is 15.2. The van der Waals surface area contributed by atoms with Gasteiger partial charge in [-0.2, -0.15) is 0 Å². The molecule has 0 aliphatic carbocycles. The highest BCUT2D eigenvalue weighted by Crippen LogP contribution is 2.33. The normalized spacial score (nSPS) is 11.7. The van der Waals surface area contributed by atoms with Crippen LogP contribution >= 0.6 is 0 Å². The second-order valence-corrected chi connectivity index (χ2v) is 6.41. The van der Waals surface area contributed by atoms with Crippen molar-refractivity contribution in [2.24, 2.45) is 0 Å². The summed E-state index contributed by atoms with van der Waals surface area (Å²) in [5, 5.41) is 0. The molecule has 0 atom stereocenters. The number of hydrogen-bond donors (Lipinski definition) is 1. The Balaban J connectivity index is 2.64. The number of aromatic nitrogens is 1. The van der Waals surface area contributed by atoms with Crippen molar-refractivity contribution < 1.29 is 0 Å². The van der Waals surface area contributed by atoms with Gasteiger partial charge >= 0.3 is 0 Å². The summed E-state index contributed by atoms with van der Waals surface area (Å²) in [5.41, 5.74) is 9.68. The van der Waals surface area contributed by atoms with Crippen LogP contribution in [0.3, 0.4) is 0 Å². The Morgan fingerprint density at radius 3 is 2.17 bits per heavy atom. The largest absolute Gasteiger partial charge is 0.339 e. The van der Waals surface area contributed by atoms with Gasteiger partial charge in [-0.05, 0) is 69.9 Å². The lowest BCUT2D eigenvalue weighted by molar-refractivity contribution is 0.994. The molecule has 0 saturated carbocycles. The molecule has 2 rings (SSSR count). The molecule has 2 nitrogen and oxygen atoms in total. The third-order valence-electron chi connectivity index (χ3n) is 4.32. The van der Waals surface area contributed by atoms with Crippen molar-refractivity contribution in [3.63, 3.8) is 0 Å². The van der Waals surface area contributed by atoms with Gasteiger partial charge in [-0.1, -0.05) is 36.8 Å². The summed E-state index contributed by atoms with van der Waals surface area (Å²) in [6.07, 6.45) is 3.28. The highest BCUT2D eigenvalue weighted by atomic mass is 15.3. The molecular formula is C21H28N2. The Morgan fingerprint density at radius 1 is 1.04 bits per heavy atom. The predicted octanol–water partition coefficient (Wildman–Crippen LogP) is 5.64. The molecule has 1 aromatic carbocycles. The fraction of sp³-hybridized carbons (Fsp3) is 0.333. The van der Waals surface area contributed by atoms with E-state index in [1.807, 2.05) is 4.68 Å². The molecule has 0 aliphatic rings. The first-order valence-electron chi connectivity index (χ1n) is 8.26. The van der Waals surface area contributed by atoms with E-state index in [0.717, 1.165) is 17.8 Å². The Hall–Kier alpha value is -2.22. The number of hydrogen-bond acceptors (Lipinski definition) is 1. The molecule has 0 bridgehead atoms. The van der Waals surface area contributed by atoms with E-state index >= 15 is 0 Å². The van der Waals surface area contributed by atoms with Crippen LogP contribution in [0.2, 0.25) is 0 Å². The molecule has 2 aromatic rings. The number of nitrogen functional groups attached to an aromatic ring is 1. The summed E-state index contributed by atoms with van der Waals surface area (Å²) in [6, 6.07) is 10.6.